The van der Waals surface area contributed by atoms with Crippen LogP contribution in [0.5, 0.6) is 17.2 Å². The Kier molecular flexibility index (Phi) is 9.20. The molecular formula is C33H33ClN4O6S. The number of halogens is 1. The van der Waals surface area contributed by atoms with Crippen LogP contribution in [0.15, 0.2) is 66.7 Å². The van der Waals surface area contributed by atoms with Crippen molar-refractivity contribution in [1.82, 2.24) is 14.7 Å². The second kappa shape index (κ2) is 13.4. The Hall–Kier alpha value is -4.19. The molecule has 1 saturated heterocycles. The van der Waals surface area contributed by atoms with Crippen molar-refractivity contribution in [3.05, 3.63) is 82.9 Å². The number of thioether (sulfide) groups is 1. The average Bonchev–Trinajstić information content (AvgIpc) is 3.41. The summed E-state index contributed by atoms with van der Waals surface area (Å²) in [6, 6.07) is 20.7. The number of rotatable bonds is 8. The van der Waals surface area contributed by atoms with Crippen LogP contribution in [-0.4, -0.2) is 86.4 Å². The van der Waals surface area contributed by atoms with Crippen LogP contribution in [0.2, 0.25) is 5.02 Å². The van der Waals surface area contributed by atoms with Gasteiger partial charge in [-0.25, -0.2) is 4.68 Å². The molecule has 0 saturated carbocycles. The molecule has 1 fully saturated rings. The van der Waals surface area contributed by atoms with Gasteiger partial charge in [-0.15, -0.1) is 11.8 Å². The number of amides is 2. The summed E-state index contributed by atoms with van der Waals surface area (Å²) >= 11 is 7.77. The number of carbonyl (C=O) groups is 2. The molecule has 3 aromatic carbocycles. The van der Waals surface area contributed by atoms with Crippen molar-refractivity contribution >= 4 is 41.0 Å². The van der Waals surface area contributed by atoms with Gasteiger partial charge in [0.1, 0.15) is 18.1 Å². The topological polar surface area (TPSA) is 95.4 Å². The van der Waals surface area contributed by atoms with E-state index in [-0.39, 0.29) is 29.4 Å². The molecule has 0 aliphatic carbocycles. The van der Waals surface area contributed by atoms with Crippen molar-refractivity contribution in [3.8, 4) is 34.2 Å². The van der Waals surface area contributed by atoms with Gasteiger partial charge >= 0.3 is 0 Å². The Labute approximate surface area is 270 Å². The van der Waals surface area contributed by atoms with E-state index in [1.54, 1.807) is 35.8 Å². The van der Waals surface area contributed by atoms with Crippen molar-refractivity contribution in [2.75, 3.05) is 64.8 Å². The van der Waals surface area contributed by atoms with Crippen LogP contribution in [0.1, 0.15) is 16.4 Å². The second-order valence-corrected chi connectivity index (χ2v) is 12.0. The molecule has 45 heavy (non-hydrogen) atoms. The van der Waals surface area contributed by atoms with Gasteiger partial charge in [0.2, 0.25) is 11.8 Å². The maximum atomic E-state index is 14.1. The minimum atomic E-state index is -0.343. The largest absolute Gasteiger partial charge is 0.497 e. The molecule has 0 spiro atoms. The van der Waals surface area contributed by atoms with Crippen molar-refractivity contribution in [3.63, 3.8) is 0 Å². The van der Waals surface area contributed by atoms with Crippen LogP contribution in [-0.2, 0) is 14.3 Å². The van der Waals surface area contributed by atoms with Crippen LogP contribution in [0.25, 0.3) is 16.9 Å². The molecule has 2 aliphatic rings. The number of methoxy groups -OCH3 is 3. The number of carbonyl (C=O) groups excluding carboxylic acids is 2. The van der Waals surface area contributed by atoms with E-state index in [1.165, 1.54) is 11.8 Å². The van der Waals surface area contributed by atoms with E-state index in [0.717, 1.165) is 16.7 Å². The third-order valence-electron chi connectivity index (χ3n) is 7.89. The Morgan fingerprint density at radius 1 is 0.956 bits per heavy atom. The molecule has 0 radical (unpaired) electrons. The molecule has 0 bridgehead atoms. The molecule has 3 heterocycles. The summed E-state index contributed by atoms with van der Waals surface area (Å²) in [6.45, 7) is 1.75. The highest BCUT2D eigenvalue weighted by molar-refractivity contribution is 8.00. The summed E-state index contributed by atoms with van der Waals surface area (Å²) in [5.74, 6) is 2.19. The zero-order valence-electron chi connectivity index (χ0n) is 25.2. The van der Waals surface area contributed by atoms with E-state index in [9.17, 15) is 9.59 Å². The number of fused-ring (bicyclic) bond motifs is 1. The molecule has 1 atom stereocenters. The molecule has 10 nitrogen and oxygen atoms in total. The van der Waals surface area contributed by atoms with E-state index < -0.39 is 0 Å². The number of benzene rings is 3. The Morgan fingerprint density at radius 3 is 2.33 bits per heavy atom. The first-order valence-electron chi connectivity index (χ1n) is 14.4. The van der Waals surface area contributed by atoms with Gasteiger partial charge in [-0.05, 0) is 54.1 Å². The summed E-state index contributed by atoms with van der Waals surface area (Å²) in [5.41, 5.74) is 3.90. The smallest absolute Gasteiger partial charge is 0.242 e. The highest BCUT2D eigenvalue weighted by Gasteiger charge is 2.38. The molecule has 1 aromatic heterocycles. The maximum Gasteiger partial charge on any atom is 0.242 e. The Bertz CT molecular complexity index is 1690. The first-order chi connectivity index (χ1) is 21.9. The zero-order chi connectivity index (χ0) is 31.5. The molecule has 2 amide bonds. The zero-order valence-corrected chi connectivity index (χ0v) is 26.8. The van der Waals surface area contributed by atoms with Gasteiger partial charge < -0.3 is 23.8 Å². The fourth-order valence-electron chi connectivity index (χ4n) is 5.57. The van der Waals surface area contributed by atoms with Crippen LogP contribution in [0.4, 0.5) is 5.82 Å². The van der Waals surface area contributed by atoms with Crippen LogP contribution < -0.4 is 19.1 Å². The predicted octanol–water partition coefficient (Wildman–Crippen LogP) is 5.25. The molecular weight excluding hydrogens is 616 g/mol. The number of anilines is 1. The number of aromatic nitrogens is 2. The van der Waals surface area contributed by atoms with Crippen molar-refractivity contribution in [1.29, 1.82) is 0 Å². The van der Waals surface area contributed by atoms with Crippen molar-refractivity contribution in [2.24, 2.45) is 0 Å². The lowest BCUT2D eigenvalue weighted by Crippen LogP contribution is -2.48. The lowest BCUT2D eigenvalue weighted by molar-refractivity contribution is -0.134. The van der Waals surface area contributed by atoms with Crippen LogP contribution in [0, 0.1) is 0 Å². The Balaban J connectivity index is 1.59. The summed E-state index contributed by atoms with van der Waals surface area (Å²) in [4.78, 5) is 31.0. The number of ether oxygens (including phenoxy) is 4. The minimum absolute atomic E-state index is 0.132. The maximum absolute atomic E-state index is 14.1. The number of hydrogen-bond acceptors (Lipinski definition) is 8. The fraction of sp³-hybridized carbons (Fsp3) is 0.303. The van der Waals surface area contributed by atoms with Crippen molar-refractivity contribution < 1.29 is 28.5 Å². The summed E-state index contributed by atoms with van der Waals surface area (Å²) in [6.07, 6.45) is 0. The van der Waals surface area contributed by atoms with Gasteiger partial charge in [0.05, 0.1) is 56.9 Å². The second-order valence-electron chi connectivity index (χ2n) is 10.5. The van der Waals surface area contributed by atoms with E-state index in [1.807, 2.05) is 66.7 Å². The molecule has 4 aromatic rings. The summed E-state index contributed by atoms with van der Waals surface area (Å²) in [5, 5.41) is 5.39. The third kappa shape index (κ3) is 6.20. The van der Waals surface area contributed by atoms with Gasteiger partial charge in [0.15, 0.2) is 11.5 Å². The third-order valence-corrected chi connectivity index (χ3v) is 9.40. The highest BCUT2D eigenvalue weighted by atomic mass is 35.5. The fourth-order valence-corrected chi connectivity index (χ4v) is 6.88. The normalized spacial score (nSPS) is 16.6. The molecule has 2 aliphatic heterocycles. The number of morpholine rings is 1. The Morgan fingerprint density at radius 2 is 1.67 bits per heavy atom. The van der Waals surface area contributed by atoms with Gasteiger partial charge in [0.25, 0.3) is 0 Å². The lowest BCUT2D eigenvalue weighted by Gasteiger charge is -2.30. The molecule has 12 heteroatoms. The molecule has 6 rings (SSSR count). The molecule has 0 N–H and O–H groups in total. The van der Waals surface area contributed by atoms with Gasteiger partial charge in [0, 0.05) is 29.2 Å². The summed E-state index contributed by atoms with van der Waals surface area (Å²) < 4.78 is 23.8. The lowest BCUT2D eigenvalue weighted by atomic mass is 9.99. The first kappa shape index (κ1) is 30.8. The number of hydrogen-bond donors (Lipinski definition) is 0. The van der Waals surface area contributed by atoms with Crippen molar-refractivity contribution in [2.45, 2.75) is 5.25 Å². The van der Waals surface area contributed by atoms with E-state index in [4.69, 9.17) is 35.6 Å². The average molecular weight is 649 g/mol. The standard InChI is InChI=1S/C33H33ClN4O6S/c1-41-25-11-9-24(10-12-25)38-33-30(31(35-38)21-4-7-23(34)8-5-21)32(22-6-13-26(42-2)27(18-22)43-3)45-20-29(40)37(33)19-28(39)36-14-16-44-17-15-36/h4-13,18,32H,14-17,19-20H2,1-3H3/t32-/m0/s1. The SMILES string of the molecule is COc1ccc(-n2nc(-c3ccc(Cl)cc3)c3c2N(CC(=O)N2CCOCC2)C(=O)CS[C@H]3c2ccc(OC)c(OC)c2)cc1. The van der Waals surface area contributed by atoms with E-state index in [0.29, 0.717) is 65.8 Å². The first-order valence-corrected chi connectivity index (χ1v) is 15.9. The molecule has 234 valence electrons. The predicted molar refractivity (Wildman–Crippen MR) is 174 cm³/mol. The van der Waals surface area contributed by atoms with Gasteiger partial charge in [-0.1, -0.05) is 29.8 Å². The molecule has 0 unspecified atom stereocenters. The van der Waals surface area contributed by atoms with Crippen LogP contribution in [0.3, 0.4) is 0 Å². The quantitative estimate of drug-likeness (QED) is 0.256. The monoisotopic (exact) mass is 648 g/mol. The van der Waals surface area contributed by atoms with Gasteiger partial charge in [-0.3, -0.25) is 14.5 Å². The van der Waals surface area contributed by atoms with E-state index >= 15 is 0 Å². The minimum Gasteiger partial charge on any atom is -0.497 e. The van der Waals surface area contributed by atoms with Gasteiger partial charge in [-0.2, -0.15) is 5.10 Å². The number of nitrogens with zero attached hydrogens (tertiary/aromatic N) is 4. The summed E-state index contributed by atoms with van der Waals surface area (Å²) in [7, 11) is 4.79. The van der Waals surface area contributed by atoms with E-state index in [2.05, 4.69) is 0 Å². The van der Waals surface area contributed by atoms with Crippen LogP contribution >= 0.6 is 23.4 Å². The highest BCUT2D eigenvalue weighted by Crippen LogP contribution is 2.49.